The number of amides is 4. The SMILES string of the molecule is Cc1ncsc1-c1ccc(CNC(=O)[C@@H]2C[C@@H](O)CN2C(=O)[C@@H](NC(=O)C2(F)CC2)C(C)(C)C)c(OC2CCN(C(=O)CC3(O)CCN(c4nccc(Sc5cnc(N6CCC(C)(CN)CC6)cn5)c4Cl)CC3)CC2)c1. The predicted molar refractivity (Wildman–Crippen MR) is 290 cm³/mol. The van der Waals surface area contributed by atoms with Crippen LogP contribution in [0.2, 0.25) is 5.02 Å². The molecule has 1 aliphatic carbocycles. The van der Waals surface area contributed by atoms with Crippen LogP contribution in [0.3, 0.4) is 0 Å². The minimum atomic E-state index is -1.99. The van der Waals surface area contributed by atoms with Crippen LogP contribution in [0.25, 0.3) is 10.4 Å². The number of benzene rings is 1. The highest BCUT2D eigenvalue weighted by Gasteiger charge is 2.53. The van der Waals surface area contributed by atoms with E-state index in [1.807, 2.05) is 37.4 Å². The summed E-state index contributed by atoms with van der Waals surface area (Å²) in [5.74, 6) is 0.0115. The first kappa shape index (κ1) is 55.6. The average molecular weight is 1100 g/mol. The van der Waals surface area contributed by atoms with E-state index in [2.05, 4.69) is 42.3 Å². The van der Waals surface area contributed by atoms with Gasteiger partial charge in [0.2, 0.25) is 17.7 Å². The standard InChI is InChI=1S/C54H71ClFN11O7S2/c1-33-45(75-32-62-33)34-6-7-35(27-61-48(70)38-25-36(68)30-67(38)49(71)46(51(2,3)4)63-50(72)54(56)11-12-54)39(24-34)74-37-9-18-65(19-10-37)43(69)26-53(73)15-22-66(23-16-53)47-44(55)40(8-17-58-47)76-42-29-59-41(28-60-42)64-20-13-52(5,31-57)14-21-64/h6-8,17,24,28-29,32,36-38,46,68,73H,9-16,18-23,25-27,30-31,57H2,1-5H3,(H,61,70)(H,63,72)/t36-,38+,46-/m1/s1. The second-order valence-corrected chi connectivity index (χ2v) is 25.1. The van der Waals surface area contributed by atoms with Gasteiger partial charge >= 0.3 is 0 Å². The average Bonchev–Trinajstić information content (AvgIpc) is 3.81. The van der Waals surface area contributed by atoms with Crippen molar-refractivity contribution in [1.29, 1.82) is 0 Å². The van der Waals surface area contributed by atoms with Gasteiger partial charge in [0.15, 0.2) is 5.67 Å². The first-order valence-electron chi connectivity index (χ1n) is 26.4. The number of nitrogens with zero attached hydrogens (tertiary/aromatic N) is 8. The number of halogens is 2. The monoisotopic (exact) mass is 1100 g/mol. The Morgan fingerprint density at radius 1 is 0.974 bits per heavy atom. The van der Waals surface area contributed by atoms with Crippen molar-refractivity contribution in [2.24, 2.45) is 16.6 Å². The minimum absolute atomic E-state index is 0.00105. The number of likely N-dealkylation sites (tertiary alicyclic amines) is 2. The summed E-state index contributed by atoms with van der Waals surface area (Å²) in [5.41, 5.74) is 6.41. The first-order valence-corrected chi connectivity index (χ1v) is 28.5. The summed E-state index contributed by atoms with van der Waals surface area (Å²) in [6, 6.07) is 5.48. The van der Waals surface area contributed by atoms with Crippen LogP contribution in [-0.2, 0) is 25.7 Å². The number of hydrogen-bond donors (Lipinski definition) is 5. The van der Waals surface area contributed by atoms with Crippen molar-refractivity contribution >= 4 is 70.0 Å². The van der Waals surface area contributed by atoms with E-state index < -0.39 is 52.6 Å². The molecule has 9 rings (SSSR count). The molecule has 1 saturated carbocycles. The second kappa shape index (κ2) is 22.6. The molecular formula is C54H71ClFN11O7S2. The van der Waals surface area contributed by atoms with Gasteiger partial charge in [-0.1, -0.05) is 63.2 Å². The molecule has 4 aliphatic heterocycles. The summed E-state index contributed by atoms with van der Waals surface area (Å²) in [7, 11) is 0. The Bertz CT molecular complexity index is 2760. The fourth-order valence-electron chi connectivity index (χ4n) is 10.5. The van der Waals surface area contributed by atoms with Gasteiger partial charge in [-0.15, -0.1) is 11.3 Å². The number of piperidine rings is 3. The second-order valence-electron chi connectivity index (χ2n) is 22.8. The van der Waals surface area contributed by atoms with Gasteiger partial charge in [0, 0.05) is 88.3 Å². The first-order chi connectivity index (χ1) is 36.1. The lowest BCUT2D eigenvalue weighted by molar-refractivity contribution is -0.145. The molecule has 18 nitrogen and oxygen atoms in total. The summed E-state index contributed by atoms with van der Waals surface area (Å²) >= 11 is 9.91. The molecular weight excluding hydrogens is 1030 g/mol. The van der Waals surface area contributed by atoms with Crippen molar-refractivity contribution in [3.63, 3.8) is 0 Å². The molecule has 7 heterocycles. The summed E-state index contributed by atoms with van der Waals surface area (Å²) in [6.45, 7) is 13.6. The van der Waals surface area contributed by atoms with Crippen molar-refractivity contribution in [3.8, 4) is 16.2 Å². The quantitative estimate of drug-likeness (QED) is 0.0857. The highest BCUT2D eigenvalue weighted by atomic mass is 35.5. The Labute approximate surface area is 457 Å². The smallest absolute Gasteiger partial charge is 0.258 e. The molecule has 5 fully saturated rings. The van der Waals surface area contributed by atoms with E-state index in [-0.39, 0.29) is 56.2 Å². The molecule has 1 aromatic carbocycles. The molecule has 4 amide bonds. The molecule has 0 bridgehead atoms. The summed E-state index contributed by atoms with van der Waals surface area (Å²) in [4.78, 5) is 82.2. The summed E-state index contributed by atoms with van der Waals surface area (Å²) in [5, 5.41) is 29.3. The van der Waals surface area contributed by atoms with Gasteiger partial charge in [0.25, 0.3) is 5.91 Å². The van der Waals surface area contributed by atoms with Crippen molar-refractivity contribution < 1.29 is 38.5 Å². The maximum absolute atomic E-state index is 14.7. The lowest BCUT2D eigenvalue weighted by Crippen LogP contribution is -2.59. The highest BCUT2D eigenvalue weighted by Crippen LogP contribution is 2.42. The number of nitrogens with one attached hydrogen (secondary N) is 2. The third-order valence-electron chi connectivity index (χ3n) is 15.9. The lowest BCUT2D eigenvalue weighted by atomic mass is 9.80. The van der Waals surface area contributed by atoms with Gasteiger partial charge in [0.1, 0.15) is 40.6 Å². The number of ether oxygens (including phenoxy) is 1. The van der Waals surface area contributed by atoms with Crippen LogP contribution in [0.15, 0.2) is 58.3 Å². The Morgan fingerprint density at radius 2 is 1.68 bits per heavy atom. The van der Waals surface area contributed by atoms with Crippen LogP contribution in [0.5, 0.6) is 5.75 Å². The largest absolute Gasteiger partial charge is 0.490 e. The number of carbonyl (C=O) groups is 4. The number of anilines is 2. The van der Waals surface area contributed by atoms with Gasteiger partial charge < -0.3 is 50.9 Å². The van der Waals surface area contributed by atoms with Crippen LogP contribution in [0, 0.1) is 17.8 Å². The molecule has 22 heteroatoms. The summed E-state index contributed by atoms with van der Waals surface area (Å²) < 4.78 is 21.4. The Kier molecular flexibility index (Phi) is 16.6. The third-order valence-corrected chi connectivity index (χ3v) is 18.3. The van der Waals surface area contributed by atoms with Gasteiger partial charge in [-0.05, 0) is 80.5 Å². The minimum Gasteiger partial charge on any atom is -0.490 e. The Hall–Kier alpha value is -5.19. The van der Waals surface area contributed by atoms with Crippen LogP contribution < -0.4 is 30.9 Å². The zero-order valence-corrected chi connectivity index (χ0v) is 46.4. The van der Waals surface area contributed by atoms with E-state index in [1.54, 1.807) is 43.6 Å². The third kappa shape index (κ3) is 12.7. The van der Waals surface area contributed by atoms with E-state index in [0.717, 1.165) is 52.8 Å². The summed E-state index contributed by atoms with van der Waals surface area (Å²) in [6.07, 6.45) is 8.09. The number of carbonyl (C=O) groups excluding carboxylic acids is 4. The van der Waals surface area contributed by atoms with Crippen LogP contribution in [0.4, 0.5) is 16.0 Å². The zero-order chi connectivity index (χ0) is 54.2. The maximum Gasteiger partial charge on any atom is 0.258 e. The Balaban J connectivity index is 0.779. The topological polar surface area (TPSA) is 233 Å². The molecule has 3 aromatic heterocycles. The van der Waals surface area contributed by atoms with Crippen LogP contribution in [0.1, 0.15) is 103 Å². The number of hydrogen-bond acceptors (Lipinski definition) is 16. The van der Waals surface area contributed by atoms with Gasteiger partial charge in [-0.25, -0.2) is 24.3 Å². The number of aliphatic hydroxyl groups excluding tert-OH is 1. The predicted octanol–water partition coefficient (Wildman–Crippen LogP) is 6.08. The number of rotatable bonds is 16. The number of aromatic nitrogens is 4. The van der Waals surface area contributed by atoms with Crippen molar-refractivity contribution in [1.82, 2.24) is 40.4 Å². The molecule has 0 spiro atoms. The normalized spacial score (nSPS) is 21.8. The maximum atomic E-state index is 14.7. The van der Waals surface area contributed by atoms with E-state index >= 15 is 0 Å². The Morgan fingerprint density at radius 3 is 2.32 bits per heavy atom. The molecule has 3 atom stereocenters. The van der Waals surface area contributed by atoms with Gasteiger partial charge in [-0.3, -0.25) is 19.2 Å². The molecule has 0 radical (unpaired) electrons. The molecule has 76 heavy (non-hydrogen) atoms. The lowest BCUT2D eigenvalue weighted by Gasteiger charge is -2.40. The highest BCUT2D eigenvalue weighted by molar-refractivity contribution is 7.99. The van der Waals surface area contributed by atoms with Crippen LogP contribution in [-0.4, -0.2) is 151 Å². The van der Waals surface area contributed by atoms with Gasteiger partial charge in [-0.2, -0.15) is 0 Å². The fourth-order valence-corrected chi connectivity index (χ4v) is 12.4. The molecule has 4 saturated heterocycles. The fraction of sp³-hybridized carbons (Fsp3) is 0.593. The number of nitrogens with two attached hydrogens (primary N) is 1. The number of thiazole rings is 1. The van der Waals surface area contributed by atoms with Crippen molar-refractivity contribution in [2.75, 3.05) is 62.2 Å². The number of β-amino-alcohol motifs (C(OH)–C–C–N with tert-alkyl or cyclic N) is 1. The molecule has 0 unspecified atom stereocenters. The molecule has 6 N–H and O–H groups in total. The number of pyridine rings is 1. The van der Waals surface area contributed by atoms with E-state index in [4.69, 9.17) is 27.1 Å². The van der Waals surface area contributed by atoms with E-state index in [0.29, 0.717) is 85.6 Å². The molecule has 5 aliphatic rings. The van der Waals surface area contributed by atoms with Crippen molar-refractivity contribution in [2.45, 2.75) is 151 Å². The van der Waals surface area contributed by atoms with Crippen LogP contribution >= 0.6 is 34.7 Å². The number of alkyl halides is 1. The van der Waals surface area contributed by atoms with Crippen molar-refractivity contribution in [3.05, 3.63) is 64.6 Å². The van der Waals surface area contributed by atoms with E-state index in [1.165, 1.54) is 28.0 Å². The number of aryl methyl sites for hydroxylation is 1. The number of aliphatic hydroxyl groups is 2. The molecule has 4 aromatic rings. The molecule has 410 valence electrons. The zero-order valence-electron chi connectivity index (χ0n) is 44.0. The van der Waals surface area contributed by atoms with E-state index in [9.17, 15) is 33.8 Å². The van der Waals surface area contributed by atoms with Gasteiger partial charge in [0.05, 0.1) is 51.6 Å².